The van der Waals surface area contributed by atoms with Gasteiger partial charge in [-0.1, -0.05) is 0 Å². The van der Waals surface area contributed by atoms with Crippen LogP contribution in [0.1, 0.15) is 19.3 Å². The van der Waals surface area contributed by atoms with Gasteiger partial charge in [-0.25, -0.2) is 4.79 Å². The molecule has 1 fully saturated rings. The highest BCUT2D eigenvalue weighted by molar-refractivity contribution is 5.66. The van der Waals surface area contributed by atoms with E-state index in [1.165, 1.54) is 11.3 Å². The molecule has 70 valence electrons. The van der Waals surface area contributed by atoms with Crippen molar-refractivity contribution in [2.45, 2.75) is 25.5 Å². The van der Waals surface area contributed by atoms with Crippen molar-refractivity contribution in [1.82, 2.24) is 10.2 Å². The van der Waals surface area contributed by atoms with Crippen LogP contribution in [-0.4, -0.2) is 37.9 Å². The lowest BCUT2D eigenvalue weighted by Gasteiger charge is -2.24. The van der Waals surface area contributed by atoms with E-state index in [0.29, 0.717) is 0 Å². The number of nitrogens with zero attached hydrogens (tertiary/aromatic N) is 1. The van der Waals surface area contributed by atoms with Crippen LogP contribution in [-0.2, 0) is 4.74 Å². The number of hydrogen-bond donors (Lipinski definition) is 1. The van der Waals surface area contributed by atoms with Gasteiger partial charge in [0.1, 0.15) is 0 Å². The summed E-state index contributed by atoms with van der Waals surface area (Å²) < 4.78 is 5.13. The zero-order valence-corrected chi connectivity index (χ0v) is 7.67. The van der Waals surface area contributed by atoms with Gasteiger partial charge in [-0.3, -0.25) is 5.32 Å². The number of nitrogens with one attached hydrogen (secondary N) is 1. The summed E-state index contributed by atoms with van der Waals surface area (Å²) in [6.07, 6.45) is 2.90. The van der Waals surface area contributed by atoms with Gasteiger partial charge in [-0.2, -0.15) is 0 Å². The van der Waals surface area contributed by atoms with Gasteiger partial charge in [0.2, 0.25) is 0 Å². The van der Waals surface area contributed by atoms with Crippen LogP contribution in [0.5, 0.6) is 0 Å². The Morgan fingerprint density at radius 3 is 2.75 bits per heavy atom. The van der Waals surface area contributed by atoms with Gasteiger partial charge in [0, 0.05) is 14.1 Å². The number of amides is 1. The van der Waals surface area contributed by atoms with E-state index in [4.69, 9.17) is 4.74 Å². The maximum absolute atomic E-state index is 11.1. The molecule has 1 aliphatic heterocycles. The first-order chi connectivity index (χ1) is 5.70. The standard InChI is InChI=1S/C8H16N2O2/c1-10(2)8(11)12-7-5-3-4-6-9-7/h7,9H,3-6H2,1-2H3. The topological polar surface area (TPSA) is 41.6 Å². The molecule has 1 rings (SSSR count). The van der Waals surface area contributed by atoms with Crippen molar-refractivity contribution in [2.75, 3.05) is 20.6 Å². The molecule has 0 aliphatic carbocycles. The third kappa shape index (κ3) is 2.70. The summed E-state index contributed by atoms with van der Waals surface area (Å²) in [4.78, 5) is 12.5. The minimum absolute atomic E-state index is 0.0753. The van der Waals surface area contributed by atoms with Crippen molar-refractivity contribution in [2.24, 2.45) is 0 Å². The first kappa shape index (κ1) is 9.32. The minimum Gasteiger partial charge on any atom is -0.430 e. The number of carbonyl (C=O) groups is 1. The Morgan fingerprint density at radius 2 is 2.25 bits per heavy atom. The first-order valence-corrected chi connectivity index (χ1v) is 4.31. The zero-order valence-electron chi connectivity index (χ0n) is 7.67. The van der Waals surface area contributed by atoms with Crippen molar-refractivity contribution >= 4 is 6.09 Å². The average molecular weight is 172 g/mol. The van der Waals surface area contributed by atoms with Crippen LogP contribution in [0.25, 0.3) is 0 Å². The molecule has 0 radical (unpaired) electrons. The van der Waals surface area contributed by atoms with Gasteiger partial charge >= 0.3 is 6.09 Å². The highest BCUT2D eigenvalue weighted by Gasteiger charge is 2.17. The van der Waals surface area contributed by atoms with Crippen molar-refractivity contribution < 1.29 is 9.53 Å². The predicted molar refractivity (Wildman–Crippen MR) is 45.8 cm³/mol. The van der Waals surface area contributed by atoms with Gasteiger partial charge in [-0.05, 0) is 25.8 Å². The summed E-state index contributed by atoms with van der Waals surface area (Å²) in [6, 6.07) is 0. The van der Waals surface area contributed by atoms with Crippen LogP contribution in [0.2, 0.25) is 0 Å². The first-order valence-electron chi connectivity index (χ1n) is 4.31. The Labute approximate surface area is 72.9 Å². The Bertz CT molecular complexity index is 153. The van der Waals surface area contributed by atoms with E-state index in [2.05, 4.69) is 5.32 Å². The van der Waals surface area contributed by atoms with E-state index >= 15 is 0 Å². The van der Waals surface area contributed by atoms with Crippen molar-refractivity contribution in [3.05, 3.63) is 0 Å². The molecule has 0 spiro atoms. The van der Waals surface area contributed by atoms with E-state index in [1.54, 1.807) is 14.1 Å². The van der Waals surface area contributed by atoms with Crippen LogP contribution < -0.4 is 5.32 Å². The second-order valence-corrected chi connectivity index (χ2v) is 3.22. The van der Waals surface area contributed by atoms with Gasteiger partial charge < -0.3 is 9.64 Å². The van der Waals surface area contributed by atoms with E-state index < -0.39 is 0 Å². The fraction of sp³-hybridized carbons (Fsp3) is 0.875. The summed E-state index contributed by atoms with van der Waals surface area (Å²) in [5, 5.41) is 3.14. The molecule has 0 aromatic heterocycles. The second-order valence-electron chi connectivity index (χ2n) is 3.22. The molecule has 1 atom stereocenters. The van der Waals surface area contributed by atoms with Gasteiger partial charge in [-0.15, -0.1) is 0 Å². The molecule has 0 aromatic carbocycles. The quantitative estimate of drug-likeness (QED) is 0.635. The van der Waals surface area contributed by atoms with Crippen LogP contribution in [0.4, 0.5) is 4.79 Å². The van der Waals surface area contributed by atoms with Crippen LogP contribution >= 0.6 is 0 Å². The lowest BCUT2D eigenvalue weighted by Crippen LogP contribution is -2.40. The van der Waals surface area contributed by atoms with E-state index in [9.17, 15) is 4.79 Å². The normalized spacial score (nSPS) is 23.3. The fourth-order valence-electron chi connectivity index (χ4n) is 1.15. The third-order valence-corrected chi connectivity index (χ3v) is 1.87. The molecule has 1 saturated heterocycles. The Balaban J connectivity index is 2.24. The SMILES string of the molecule is CN(C)C(=O)OC1CCCCN1. The number of rotatable bonds is 1. The average Bonchev–Trinajstić information content (AvgIpc) is 2.06. The van der Waals surface area contributed by atoms with Crippen molar-refractivity contribution in [3.63, 3.8) is 0 Å². The van der Waals surface area contributed by atoms with E-state index in [0.717, 1.165) is 19.4 Å². The smallest absolute Gasteiger partial charge is 0.410 e. The number of piperidine rings is 1. The summed E-state index contributed by atoms with van der Waals surface area (Å²) in [7, 11) is 3.37. The molecule has 4 heteroatoms. The molecule has 12 heavy (non-hydrogen) atoms. The summed E-state index contributed by atoms with van der Waals surface area (Å²) >= 11 is 0. The molecule has 1 unspecified atom stereocenters. The molecule has 0 saturated carbocycles. The number of hydrogen-bond acceptors (Lipinski definition) is 3. The minimum atomic E-state index is -0.269. The third-order valence-electron chi connectivity index (χ3n) is 1.87. The van der Waals surface area contributed by atoms with E-state index in [1.807, 2.05) is 0 Å². The molecule has 4 nitrogen and oxygen atoms in total. The monoisotopic (exact) mass is 172 g/mol. The fourth-order valence-corrected chi connectivity index (χ4v) is 1.15. The largest absolute Gasteiger partial charge is 0.430 e. The van der Waals surface area contributed by atoms with E-state index in [-0.39, 0.29) is 12.3 Å². The highest BCUT2D eigenvalue weighted by Crippen LogP contribution is 2.08. The molecule has 0 aromatic rings. The number of ether oxygens (including phenoxy) is 1. The summed E-state index contributed by atoms with van der Waals surface area (Å²) in [5.41, 5.74) is 0. The highest BCUT2D eigenvalue weighted by atomic mass is 16.6. The zero-order chi connectivity index (χ0) is 8.97. The van der Waals surface area contributed by atoms with Crippen LogP contribution in [0.15, 0.2) is 0 Å². The molecule has 1 aliphatic rings. The second kappa shape index (κ2) is 4.30. The van der Waals surface area contributed by atoms with Crippen molar-refractivity contribution in [1.29, 1.82) is 0 Å². The molecule has 1 heterocycles. The van der Waals surface area contributed by atoms with Gasteiger partial charge in [0.05, 0.1) is 0 Å². The van der Waals surface area contributed by atoms with Crippen LogP contribution in [0.3, 0.4) is 0 Å². The molecular formula is C8H16N2O2. The Hall–Kier alpha value is -0.770. The summed E-state index contributed by atoms with van der Waals surface area (Å²) in [6.45, 7) is 0.950. The maximum atomic E-state index is 11.1. The maximum Gasteiger partial charge on any atom is 0.410 e. The molecule has 1 amide bonds. The van der Waals surface area contributed by atoms with Crippen LogP contribution in [0, 0.1) is 0 Å². The molecular weight excluding hydrogens is 156 g/mol. The predicted octanol–water partition coefficient (Wildman–Crippen LogP) is 0.784. The van der Waals surface area contributed by atoms with Crippen molar-refractivity contribution in [3.8, 4) is 0 Å². The lowest BCUT2D eigenvalue weighted by molar-refractivity contribution is 0.0434. The van der Waals surface area contributed by atoms with Gasteiger partial charge in [0.25, 0.3) is 0 Å². The van der Waals surface area contributed by atoms with Gasteiger partial charge in [0.15, 0.2) is 6.23 Å². The number of carbonyl (C=O) groups excluding carboxylic acids is 1. The summed E-state index contributed by atoms with van der Waals surface area (Å²) in [5.74, 6) is 0. The lowest BCUT2D eigenvalue weighted by atomic mass is 10.1. The Kier molecular flexibility index (Phi) is 3.34. The Morgan fingerprint density at radius 1 is 1.50 bits per heavy atom. The molecule has 1 N–H and O–H groups in total. The molecule has 0 bridgehead atoms.